The Balaban J connectivity index is 0. The molecule has 1 nitrogen and oxygen atoms in total. The van der Waals surface area contributed by atoms with Crippen molar-refractivity contribution < 1.29 is 13.5 Å². The molecule has 0 unspecified atom stereocenters. The first kappa shape index (κ1) is 11.4. The quantitative estimate of drug-likeness (QED) is 0.504. The third-order valence-electron chi connectivity index (χ3n) is 0.358. The van der Waals surface area contributed by atoms with Crippen LogP contribution in [0.3, 0.4) is 0 Å². The maximum absolute atomic E-state index is 11.3. The minimum atomic E-state index is -2.69. The highest BCUT2D eigenvalue weighted by Gasteiger charge is 2.12. The zero-order valence-corrected chi connectivity index (χ0v) is 5.95. The van der Waals surface area contributed by atoms with Crippen LogP contribution in [0.5, 0.6) is 0 Å². The number of hydrogen-bond donors (Lipinski definition) is 0. The van der Waals surface area contributed by atoms with Crippen LogP contribution in [-0.4, -0.2) is 20.1 Å². The van der Waals surface area contributed by atoms with Crippen LogP contribution in [0.25, 0.3) is 0 Å². The SMILES string of the molecule is C=CC(C)(F)F.COC. The molecule has 0 radical (unpaired) electrons. The fourth-order valence-electron chi connectivity index (χ4n) is 0. The highest BCUT2D eigenvalue weighted by atomic mass is 19.3. The molecular formula is C6H12F2O. The normalized spacial score (nSPS) is 9.44. The van der Waals surface area contributed by atoms with E-state index < -0.39 is 5.92 Å². The van der Waals surface area contributed by atoms with E-state index in [1.165, 1.54) is 0 Å². The molecule has 9 heavy (non-hydrogen) atoms. The molecule has 56 valence electrons. The molecule has 0 atom stereocenters. The van der Waals surface area contributed by atoms with Gasteiger partial charge in [0, 0.05) is 21.1 Å². The van der Waals surface area contributed by atoms with Gasteiger partial charge in [-0.15, -0.1) is 0 Å². The van der Waals surface area contributed by atoms with Crippen LogP contribution >= 0.6 is 0 Å². The van der Waals surface area contributed by atoms with Crippen LogP contribution in [0.2, 0.25) is 0 Å². The molecule has 0 aliphatic heterocycles. The molecule has 0 saturated heterocycles. The predicted molar refractivity (Wildman–Crippen MR) is 33.8 cm³/mol. The number of ether oxygens (including phenoxy) is 1. The van der Waals surface area contributed by atoms with Crippen molar-refractivity contribution in [2.75, 3.05) is 14.2 Å². The topological polar surface area (TPSA) is 9.23 Å². The summed E-state index contributed by atoms with van der Waals surface area (Å²) in [6, 6.07) is 0. The molecule has 0 spiro atoms. The average molecular weight is 138 g/mol. The van der Waals surface area contributed by atoms with E-state index in [0.29, 0.717) is 6.08 Å². The average Bonchev–Trinajstić information content (AvgIpc) is 1.67. The first-order valence-corrected chi connectivity index (χ1v) is 2.39. The maximum atomic E-state index is 11.3. The summed E-state index contributed by atoms with van der Waals surface area (Å²) >= 11 is 0. The fraction of sp³-hybridized carbons (Fsp3) is 0.667. The molecule has 0 amide bonds. The zero-order valence-electron chi connectivity index (χ0n) is 5.95. The van der Waals surface area contributed by atoms with Crippen molar-refractivity contribution in [2.24, 2.45) is 0 Å². The lowest BCUT2D eigenvalue weighted by molar-refractivity contribution is 0.0779. The molecule has 0 rings (SSSR count). The molecule has 0 aliphatic rings. The lowest BCUT2D eigenvalue weighted by Crippen LogP contribution is -2.01. The fourth-order valence-corrected chi connectivity index (χ4v) is 0. The van der Waals surface area contributed by atoms with Crippen molar-refractivity contribution in [2.45, 2.75) is 12.8 Å². The van der Waals surface area contributed by atoms with Crippen molar-refractivity contribution in [3.05, 3.63) is 12.7 Å². The summed E-state index contributed by atoms with van der Waals surface area (Å²) < 4.78 is 26.9. The number of alkyl halides is 2. The second-order valence-corrected chi connectivity index (χ2v) is 1.57. The van der Waals surface area contributed by atoms with Crippen molar-refractivity contribution in [1.82, 2.24) is 0 Å². The van der Waals surface area contributed by atoms with E-state index in [1.54, 1.807) is 14.2 Å². The number of methoxy groups -OCH3 is 1. The van der Waals surface area contributed by atoms with E-state index in [0.717, 1.165) is 6.92 Å². The minimum absolute atomic E-state index is 0.604. The van der Waals surface area contributed by atoms with Gasteiger partial charge in [-0.1, -0.05) is 6.58 Å². The zero-order chi connectivity index (χ0) is 7.91. The van der Waals surface area contributed by atoms with Crippen LogP contribution < -0.4 is 0 Å². The molecule has 0 aromatic heterocycles. The van der Waals surface area contributed by atoms with Crippen molar-refractivity contribution in [3.8, 4) is 0 Å². The van der Waals surface area contributed by atoms with Gasteiger partial charge in [-0.25, -0.2) is 8.78 Å². The summed E-state index contributed by atoms with van der Waals surface area (Å²) in [5.41, 5.74) is 0. The first-order chi connectivity index (χ1) is 3.97. The second kappa shape index (κ2) is 5.69. The van der Waals surface area contributed by atoms with Crippen LogP contribution in [0.4, 0.5) is 8.78 Å². The Kier molecular flexibility index (Phi) is 7.19. The number of rotatable bonds is 1. The van der Waals surface area contributed by atoms with Gasteiger partial charge in [-0.2, -0.15) is 0 Å². The largest absolute Gasteiger partial charge is 0.388 e. The molecule has 3 heteroatoms. The molecule has 0 aliphatic carbocycles. The van der Waals surface area contributed by atoms with Crippen molar-refractivity contribution in [1.29, 1.82) is 0 Å². The van der Waals surface area contributed by atoms with Gasteiger partial charge in [0.2, 0.25) is 0 Å². The highest BCUT2D eigenvalue weighted by Crippen LogP contribution is 2.10. The van der Waals surface area contributed by atoms with E-state index in [1.807, 2.05) is 0 Å². The summed E-state index contributed by atoms with van der Waals surface area (Å²) in [5, 5.41) is 0. The highest BCUT2D eigenvalue weighted by molar-refractivity contribution is 4.81. The number of halogens is 2. The van der Waals surface area contributed by atoms with Gasteiger partial charge in [-0.05, 0) is 6.08 Å². The summed E-state index contributed by atoms with van der Waals surface area (Å²) in [4.78, 5) is 0. The van der Waals surface area contributed by atoms with Gasteiger partial charge in [-0.3, -0.25) is 0 Å². The molecule has 0 aromatic carbocycles. The van der Waals surface area contributed by atoms with Crippen molar-refractivity contribution >= 4 is 0 Å². The third-order valence-corrected chi connectivity index (χ3v) is 0.358. The Bertz CT molecular complexity index is 65.9. The maximum Gasteiger partial charge on any atom is 0.263 e. The summed E-state index contributed by atoms with van der Waals surface area (Å²) in [7, 11) is 3.25. The Morgan fingerprint density at radius 2 is 1.56 bits per heavy atom. The number of allylic oxidation sites excluding steroid dienone is 1. The summed E-state index contributed by atoms with van der Waals surface area (Å²) in [6.45, 7) is 3.67. The van der Waals surface area contributed by atoms with E-state index in [2.05, 4.69) is 11.3 Å². The summed E-state index contributed by atoms with van der Waals surface area (Å²) in [5.74, 6) is -2.69. The monoisotopic (exact) mass is 138 g/mol. The Morgan fingerprint density at radius 3 is 1.56 bits per heavy atom. The van der Waals surface area contributed by atoms with Gasteiger partial charge < -0.3 is 4.74 Å². The van der Waals surface area contributed by atoms with Gasteiger partial charge in [0.05, 0.1) is 0 Å². The van der Waals surface area contributed by atoms with E-state index in [9.17, 15) is 8.78 Å². The van der Waals surface area contributed by atoms with E-state index >= 15 is 0 Å². The van der Waals surface area contributed by atoms with Gasteiger partial charge in [0.25, 0.3) is 5.92 Å². The van der Waals surface area contributed by atoms with Crippen LogP contribution in [0.15, 0.2) is 12.7 Å². The summed E-state index contributed by atoms with van der Waals surface area (Å²) in [6.07, 6.45) is 0.604. The lowest BCUT2D eigenvalue weighted by atomic mass is 10.4. The Morgan fingerprint density at radius 1 is 1.44 bits per heavy atom. The molecular weight excluding hydrogens is 126 g/mol. The smallest absolute Gasteiger partial charge is 0.263 e. The lowest BCUT2D eigenvalue weighted by Gasteiger charge is -1.97. The molecule has 0 saturated carbocycles. The second-order valence-electron chi connectivity index (χ2n) is 1.57. The molecule has 0 fully saturated rings. The van der Waals surface area contributed by atoms with Crippen LogP contribution in [-0.2, 0) is 4.74 Å². The minimum Gasteiger partial charge on any atom is -0.388 e. The van der Waals surface area contributed by atoms with Crippen molar-refractivity contribution in [3.63, 3.8) is 0 Å². The Hall–Kier alpha value is -0.440. The standard InChI is InChI=1S/C4H6F2.C2H6O/c1-3-4(2,5)6;1-3-2/h3H,1H2,2H3;1-2H3. The first-order valence-electron chi connectivity index (χ1n) is 2.39. The molecule has 0 aromatic rings. The Labute approximate surface area is 54.3 Å². The van der Waals surface area contributed by atoms with E-state index in [-0.39, 0.29) is 0 Å². The van der Waals surface area contributed by atoms with Crippen LogP contribution in [0.1, 0.15) is 6.92 Å². The van der Waals surface area contributed by atoms with Gasteiger partial charge in [0.1, 0.15) is 0 Å². The molecule has 0 bridgehead atoms. The van der Waals surface area contributed by atoms with Gasteiger partial charge >= 0.3 is 0 Å². The van der Waals surface area contributed by atoms with Crippen LogP contribution in [0, 0.1) is 0 Å². The third kappa shape index (κ3) is 35.7. The van der Waals surface area contributed by atoms with Gasteiger partial charge in [0.15, 0.2) is 0 Å². The number of hydrogen-bond acceptors (Lipinski definition) is 1. The molecule has 0 heterocycles. The molecule has 0 N–H and O–H groups in total. The predicted octanol–water partition coefficient (Wildman–Crippen LogP) is 2.09. The van der Waals surface area contributed by atoms with E-state index in [4.69, 9.17) is 0 Å².